The van der Waals surface area contributed by atoms with Crippen molar-refractivity contribution in [3.63, 3.8) is 0 Å². The van der Waals surface area contributed by atoms with Crippen LogP contribution in [-0.2, 0) is 6.54 Å². The molecule has 0 bridgehead atoms. The average molecular weight is 775 g/mol. The highest BCUT2D eigenvalue weighted by atomic mass is 79.9. The molecule has 1 aliphatic rings. The normalized spacial score (nSPS) is 12.9. The van der Waals surface area contributed by atoms with E-state index in [1.807, 2.05) is 0 Å². The lowest BCUT2D eigenvalue weighted by molar-refractivity contribution is 0.000824. The van der Waals surface area contributed by atoms with Crippen molar-refractivity contribution in [2.24, 2.45) is 0 Å². The highest BCUT2D eigenvalue weighted by molar-refractivity contribution is 9.15. The van der Waals surface area contributed by atoms with Gasteiger partial charge in [0.05, 0.1) is 27.7 Å². The number of benzene rings is 3. The molecular weight excluding hydrogens is 766 g/mol. The van der Waals surface area contributed by atoms with Crippen LogP contribution in [0, 0.1) is 0 Å². The maximum atomic E-state index is 13.6. The third kappa shape index (κ3) is 4.61. The molecule has 0 aliphatic carbocycles. The fraction of sp³-hybridized carbons (Fsp3) is 0.0455. The fourth-order valence-corrected chi connectivity index (χ4v) is 6.25. The molecule has 0 saturated heterocycles. The molecule has 5 nitrogen and oxygen atoms in total. The van der Waals surface area contributed by atoms with Gasteiger partial charge >= 0.3 is 0 Å². The van der Waals surface area contributed by atoms with Crippen molar-refractivity contribution in [1.82, 2.24) is 10.0 Å². The molecule has 0 unspecified atom stereocenters. The van der Waals surface area contributed by atoms with E-state index in [2.05, 4.69) is 63.7 Å². The number of hydrogen-bond donors (Lipinski definition) is 0. The first-order valence-electron chi connectivity index (χ1n) is 9.29. The number of amides is 3. The summed E-state index contributed by atoms with van der Waals surface area (Å²) in [6.07, 6.45) is 0. The van der Waals surface area contributed by atoms with Crippen LogP contribution in [0.1, 0.15) is 36.6 Å². The lowest BCUT2D eigenvalue weighted by Crippen LogP contribution is -2.49. The third-order valence-corrected chi connectivity index (χ3v) is 10.7. The van der Waals surface area contributed by atoms with E-state index < -0.39 is 17.7 Å². The zero-order valence-corrected chi connectivity index (χ0v) is 25.1. The first-order valence-corrected chi connectivity index (χ1v) is 13.6. The first-order chi connectivity index (χ1) is 16.0. The van der Waals surface area contributed by atoms with Crippen molar-refractivity contribution >= 4 is 116 Å². The number of halogens is 7. The summed E-state index contributed by atoms with van der Waals surface area (Å²) in [4.78, 5) is 40.7. The minimum Gasteiger partial charge on any atom is -0.267 e. The summed E-state index contributed by atoms with van der Waals surface area (Å²) in [5, 5.41) is 2.96. The Bertz CT molecular complexity index is 1340. The number of hydrogen-bond acceptors (Lipinski definition) is 3. The summed E-state index contributed by atoms with van der Waals surface area (Å²) in [5.74, 6) is -1.91. The Balaban J connectivity index is 1.85. The smallest absolute Gasteiger partial charge is 0.267 e. The predicted octanol–water partition coefficient (Wildman–Crippen LogP) is 8.55. The number of rotatable bonds is 4. The summed E-state index contributed by atoms with van der Waals surface area (Å²) in [7, 11) is 0. The number of imide groups is 1. The standard InChI is InChI=1S/C22H9Br4Cl3N2O3/c23-16-14-15(17(24)19(26)18(16)25)22(34)31(21(14)33)30(8-9-1-6-12(28)13(29)7-9)20(32)10-2-4-11(27)5-3-10/h1-7H,8H2. The maximum Gasteiger partial charge on any atom is 0.282 e. The Hall–Kier alpha value is -0.940. The van der Waals surface area contributed by atoms with Crippen molar-refractivity contribution in [2.75, 3.05) is 0 Å². The fourth-order valence-electron chi connectivity index (χ4n) is 3.34. The second kappa shape index (κ2) is 10.2. The molecule has 4 rings (SSSR count). The molecule has 1 aliphatic heterocycles. The van der Waals surface area contributed by atoms with Gasteiger partial charge in [0.15, 0.2) is 0 Å². The molecular formula is C22H9Br4Cl3N2O3. The van der Waals surface area contributed by atoms with E-state index in [1.54, 1.807) is 30.3 Å². The Morgan fingerprint density at radius 1 is 0.765 bits per heavy atom. The van der Waals surface area contributed by atoms with Gasteiger partial charge < -0.3 is 0 Å². The van der Waals surface area contributed by atoms with Crippen LogP contribution in [0.4, 0.5) is 0 Å². The number of carbonyl (C=O) groups excluding carboxylic acids is 3. The molecule has 12 heteroatoms. The van der Waals surface area contributed by atoms with E-state index in [9.17, 15) is 14.4 Å². The molecule has 0 atom stereocenters. The zero-order chi connectivity index (χ0) is 24.9. The lowest BCUT2D eigenvalue weighted by Gasteiger charge is -2.30. The molecule has 0 N–H and O–H groups in total. The monoisotopic (exact) mass is 770 g/mol. The van der Waals surface area contributed by atoms with Crippen LogP contribution < -0.4 is 0 Å². The van der Waals surface area contributed by atoms with E-state index in [-0.39, 0.29) is 28.3 Å². The Kier molecular flexibility index (Phi) is 7.84. The number of fused-ring (bicyclic) bond motifs is 1. The Morgan fingerprint density at radius 3 is 1.79 bits per heavy atom. The van der Waals surface area contributed by atoms with Crippen molar-refractivity contribution in [3.8, 4) is 0 Å². The molecule has 0 radical (unpaired) electrons. The van der Waals surface area contributed by atoms with Crippen LogP contribution in [0.3, 0.4) is 0 Å². The molecule has 3 aromatic rings. The van der Waals surface area contributed by atoms with Crippen molar-refractivity contribution in [3.05, 3.63) is 97.7 Å². The summed E-state index contributed by atoms with van der Waals surface area (Å²) in [6, 6.07) is 10.9. The molecule has 3 aromatic carbocycles. The van der Waals surface area contributed by atoms with Crippen molar-refractivity contribution in [2.45, 2.75) is 6.54 Å². The number of nitrogens with zero attached hydrogens (tertiary/aromatic N) is 2. The minimum absolute atomic E-state index is 0.120. The van der Waals surface area contributed by atoms with Gasteiger partial charge in [-0.25, -0.2) is 5.01 Å². The largest absolute Gasteiger partial charge is 0.282 e. The number of hydrazine groups is 1. The predicted molar refractivity (Wildman–Crippen MR) is 146 cm³/mol. The summed E-state index contributed by atoms with van der Waals surface area (Å²) in [6.45, 7) is -0.124. The van der Waals surface area contributed by atoms with Gasteiger partial charge in [-0.2, -0.15) is 5.01 Å². The van der Waals surface area contributed by atoms with Gasteiger partial charge in [-0.3, -0.25) is 14.4 Å². The van der Waals surface area contributed by atoms with E-state index >= 15 is 0 Å². The van der Waals surface area contributed by atoms with Crippen LogP contribution >= 0.6 is 98.5 Å². The molecule has 0 spiro atoms. The molecule has 0 saturated carbocycles. The van der Waals surface area contributed by atoms with E-state index in [0.717, 1.165) is 10.0 Å². The second-order valence-corrected chi connectivity index (χ2v) is 11.5. The quantitative estimate of drug-likeness (QED) is 0.152. The van der Waals surface area contributed by atoms with Crippen LogP contribution in [0.2, 0.25) is 15.1 Å². The van der Waals surface area contributed by atoms with Gasteiger partial charge in [-0.1, -0.05) is 40.9 Å². The maximum absolute atomic E-state index is 13.6. The van der Waals surface area contributed by atoms with E-state index in [4.69, 9.17) is 34.8 Å². The first kappa shape index (κ1) is 26.1. The van der Waals surface area contributed by atoms with Crippen LogP contribution in [0.25, 0.3) is 0 Å². The van der Waals surface area contributed by atoms with Crippen LogP contribution in [0.15, 0.2) is 60.4 Å². The van der Waals surface area contributed by atoms with Crippen LogP contribution in [0.5, 0.6) is 0 Å². The van der Waals surface area contributed by atoms with Crippen LogP contribution in [-0.4, -0.2) is 27.7 Å². The molecule has 34 heavy (non-hydrogen) atoms. The second-order valence-electron chi connectivity index (χ2n) is 7.05. The molecule has 0 fully saturated rings. The highest BCUT2D eigenvalue weighted by Crippen LogP contribution is 2.45. The van der Waals surface area contributed by atoms with Gasteiger partial charge in [0.1, 0.15) is 0 Å². The summed E-state index contributed by atoms with van der Waals surface area (Å²) < 4.78 is 1.85. The molecule has 0 aromatic heterocycles. The molecule has 174 valence electrons. The Morgan fingerprint density at radius 2 is 1.29 bits per heavy atom. The van der Waals surface area contributed by atoms with E-state index in [1.165, 1.54) is 12.1 Å². The zero-order valence-electron chi connectivity index (χ0n) is 16.5. The Labute approximate surface area is 242 Å². The van der Waals surface area contributed by atoms with Gasteiger partial charge in [0, 0.05) is 28.5 Å². The minimum atomic E-state index is -0.664. The summed E-state index contributed by atoms with van der Waals surface area (Å²) in [5.41, 5.74) is 1.04. The van der Waals surface area contributed by atoms with E-state index in [0.29, 0.717) is 33.5 Å². The van der Waals surface area contributed by atoms with Crippen molar-refractivity contribution in [1.29, 1.82) is 0 Å². The summed E-state index contributed by atoms with van der Waals surface area (Å²) >= 11 is 31.7. The average Bonchev–Trinajstić information content (AvgIpc) is 3.07. The third-order valence-electron chi connectivity index (χ3n) is 4.96. The topological polar surface area (TPSA) is 57.7 Å². The van der Waals surface area contributed by atoms with Gasteiger partial charge in [-0.05, 0) is 106 Å². The van der Waals surface area contributed by atoms with Gasteiger partial charge in [-0.15, -0.1) is 0 Å². The van der Waals surface area contributed by atoms with Gasteiger partial charge in [0.2, 0.25) is 0 Å². The lowest BCUT2D eigenvalue weighted by atomic mass is 10.1. The number of carbonyl (C=O) groups is 3. The SMILES string of the molecule is O=C(c1ccc(Cl)cc1)N(Cc1ccc(Cl)c(Cl)c1)N1C(=O)c2c(Br)c(Br)c(Br)c(Br)c2C1=O. The molecule has 1 heterocycles. The molecule has 3 amide bonds. The van der Waals surface area contributed by atoms with Crippen molar-refractivity contribution < 1.29 is 14.4 Å². The highest BCUT2D eigenvalue weighted by Gasteiger charge is 2.45. The van der Waals surface area contributed by atoms with Gasteiger partial charge in [0.25, 0.3) is 17.7 Å².